The van der Waals surface area contributed by atoms with Gasteiger partial charge in [-0.1, -0.05) is 77.3 Å². The predicted molar refractivity (Wildman–Crippen MR) is 109 cm³/mol. The minimum Gasteiger partial charge on any atom is -0.426 e. The lowest BCUT2D eigenvalue weighted by atomic mass is 10.1. The largest absolute Gasteiger partial charge is 0.426 e. The Morgan fingerprint density at radius 1 is 0.714 bits per heavy atom. The molecule has 5 nitrogen and oxygen atoms in total. The van der Waals surface area contributed by atoms with E-state index in [2.05, 4.69) is 13.8 Å². The summed E-state index contributed by atoms with van der Waals surface area (Å²) in [6, 6.07) is 6.37. The second-order valence-corrected chi connectivity index (χ2v) is 7.06. The topological polar surface area (TPSA) is 69.7 Å². The van der Waals surface area contributed by atoms with Gasteiger partial charge in [0, 0.05) is 12.8 Å². The molecule has 0 atom stereocenters. The van der Waals surface area contributed by atoms with Crippen LogP contribution in [-0.4, -0.2) is 17.9 Å². The fourth-order valence-corrected chi connectivity index (χ4v) is 2.85. The van der Waals surface area contributed by atoms with Gasteiger partial charge in [0.05, 0.1) is 0 Å². The van der Waals surface area contributed by atoms with Crippen molar-refractivity contribution >= 4 is 17.9 Å². The molecule has 1 aromatic rings. The summed E-state index contributed by atoms with van der Waals surface area (Å²) in [6.45, 7) is 4.27. The van der Waals surface area contributed by atoms with Crippen LogP contribution < -0.4 is 4.74 Å². The molecule has 0 fully saturated rings. The Bertz CT molecular complexity index is 609. The quantitative estimate of drug-likeness (QED) is 0.169. The van der Waals surface area contributed by atoms with Gasteiger partial charge in [-0.3, -0.25) is 9.59 Å². The van der Waals surface area contributed by atoms with Crippen LogP contribution in [0, 0.1) is 0 Å². The summed E-state index contributed by atoms with van der Waals surface area (Å²) in [7, 11) is 0. The van der Waals surface area contributed by atoms with Gasteiger partial charge in [0.25, 0.3) is 0 Å². The van der Waals surface area contributed by atoms with Gasteiger partial charge in [0.1, 0.15) is 11.3 Å². The van der Waals surface area contributed by atoms with E-state index in [9.17, 15) is 14.4 Å². The molecular formula is C23H34O5. The summed E-state index contributed by atoms with van der Waals surface area (Å²) in [5.74, 6) is -1.55. The van der Waals surface area contributed by atoms with Gasteiger partial charge in [-0.2, -0.15) is 0 Å². The van der Waals surface area contributed by atoms with Crippen molar-refractivity contribution < 1.29 is 23.9 Å². The average Bonchev–Trinajstić information content (AvgIpc) is 2.68. The molecule has 0 aliphatic rings. The van der Waals surface area contributed by atoms with Crippen LogP contribution in [0.25, 0.3) is 0 Å². The normalized spacial score (nSPS) is 10.5. The summed E-state index contributed by atoms with van der Waals surface area (Å²) in [4.78, 5) is 36.2. The van der Waals surface area contributed by atoms with Crippen LogP contribution in [0.1, 0.15) is 101 Å². The zero-order chi connectivity index (χ0) is 20.6. The summed E-state index contributed by atoms with van der Waals surface area (Å²) in [5.41, 5.74) is 0.0983. The van der Waals surface area contributed by atoms with E-state index in [0.29, 0.717) is 12.8 Å². The van der Waals surface area contributed by atoms with Gasteiger partial charge in [-0.15, -0.1) is 0 Å². The van der Waals surface area contributed by atoms with Gasteiger partial charge < -0.3 is 9.47 Å². The smallest absolute Gasteiger partial charge is 0.349 e. The standard InChI is InChI=1S/C23H34O5/c1-3-5-7-9-11-17-21(24)27-20-16-14-13-15-19(20)23(26)28-22(25)18-12-10-8-6-4-2/h13-16H,3-12,17-18H2,1-2H3. The maximum absolute atomic E-state index is 12.3. The highest BCUT2D eigenvalue weighted by Crippen LogP contribution is 2.20. The SMILES string of the molecule is CCCCCCCC(=O)OC(=O)c1ccccc1OC(=O)CCCCCCC. The zero-order valence-electron chi connectivity index (χ0n) is 17.3. The Hall–Kier alpha value is -2.17. The lowest BCUT2D eigenvalue weighted by Gasteiger charge is -2.09. The second kappa shape index (κ2) is 14.8. The Morgan fingerprint density at radius 3 is 1.86 bits per heavy atom. The third kappa shape index (κ3) is 10.2. The molecule has 0 unspecified atom stereocenters. The number of unbranched alkanes of at least 4 members (excludes halogenated alkanes) is 8. The van der Waals surface area contributed by atoms with Crippen molar-refractivity contribution in [2.24, 2.45) is 0 Å². The summed E-state index contributed by atoms with van der Waals surface area (Å²) in [5, 5.41) is 0. The molecule has 1 aromatic carbocycles. The third-order valence-corrected chi connectivity index (χ3v) is 4.51. The van der Waals surface area contributed by atoms with Gasteiger partial charge in [0.2, 0.25) is 0 Å². The fraction of sp³-hybridized carbons (Fsp3) is 0.609. The van der Waals surface area contributed by atoms with E-state index in [-0.39, 0.29) is 23.7 Å². The molecular weight excluding hydrogens is 356 g/mol. The van der Waals surface area contributed by atoms with Crippen LogP contribution in [0.5, 0.6) is 5.75 Å². The van der Waals surface area contributed by atoms with Crippen molar-refractivity contribution in [1.29, 1.82) is 0 Å². The number of hydrogen-bond donors (Lipinski definition) is 0. The highest BCUT2D eigenvalue weighted by molar-refractivity contribution is 5.99. The first-order chi connectivity index (χ1) is 13.6. The maximum Gasteiger partial charge on any atom is 0.349 e. The lowest BCUT2D eigenvalue weighted by molar-refractivity contribution is -0.138. The van der Waals surface area contributed by atoms with Gasteiger partial charge in [-0.25, -0.2) is 4.79 Å². The molecule has 0 aliphatic carbocycles. The number of carbonyl (C=O) groups excluding carboxylic acids is 3. The van der Waals surface area contributed by atoms with Crippen molar-refractivity contribution in [2.45, 2.75) is 90.9 Å². The van der Waals surface area contributed by atoms with Crippen LogP contribution in [0.15, 0.2) is 24.3 Å². The molecule has 28 heavy (non-hydrogen) atoms. The van der Waals surface area contributed by atoms with Crippen LogP contribution in [0.2, 0.25) is 0 Å². The minimum atomic E-state index is -0.773. The van der Waals surface area contributed by atoms with E-state index in [1.54, 1.807) is 18.2 Å². The lowest BCUT2D eigenvalue weighted by Crippen LogP contribution is -2.15. The molecule has 0 bridgehead atoms. The molecule has 156 valence electrons. The van der Waals surface area contributed by atoms with Crippen molar-refractivity contribution in [1.82, 2.24) is 0 Å². The first-order valence-corrected chi connectivity index (χ1v) is 10.6. The second-order valence-electron chi connectivity index (χ2n) is 7.06. The molecule has 0 aliphatic heterocycles. The van der Waals surface area contributed by atoms with Crippen molar-refractivity contribution in [3.05, 3.63) is 29.8 Å². The Balaban J connectivity index is 2.47. The Morgan fingerprint density at radius 2 is 1.25 bits per heavy atom. The van der Waals surface area contributed by atoms with Crippen molar-refractivity contribution in [2.75, 3.05) is 0 Å². The predicted octanol–water partition coefficient (Wildman–Crippen LogP) is 6.00. The number of benzene rings is 1. The molecule has 0 radical (unpaired) electrons. The van der Waals surface area contributed by atoms with Gasteiger partial charge >= 0.3 is 17.9 Å². The van der Waals surface area contributed by atoms with Crippen LogP contribution in [-0.2, 0) is 14.3 Å². The Labute approximate surface area is 168 Å². The first-order valence-electron chi connectivity index (χ1n) is 10.6. The van der Waals surface area contributed by atoms with Gasteiger partial charge in [-0.05, 0) is 25.0 Å². The van der Waals surface area contributed by atoms with Crippen molar-refractivity contribution in [3.63, 3.8) is 0 Å². The third-order valence-electron chi connectivity index (χ3n) is 4.51. The molecule has 0 N–H and O–H groups in total. The van der Waals surface area contributed by atoms with Gasteiger partial charge in [0.15, 0.2) is 0 Å². The number of carbonyl (C=O) groups is 3. The molecule has 5 heteroatoms. The van der Waals surface area contributed by atoms with E-state index in [1.165, 1.54) is 6.07 Å². The average molecular weight is 391 g/mol. The van der Waals surface area contributed by atoms with E-state index in [1.807, 2.05) is 0 Å². The highest BCUT2D eigenvalue weighted by atomic mass is 16.6. The number of para-hydroxylation sites is 1. The number of ether oxygens (including phenoxy) is 2. The van der Waals surface area contributed by atoms with E-state index >= 15 is 0 Å². The van der Waals surface area contributed by atoms with Crippen LogP contribution in [0.4, 0.5) is 0 Å². The number of esters is 3. The highest BCUT2D eigenvalue weighted by Gasteiger charge is 2.19. The fourth-order valence-electron chi connectivity index (χ4n) is 2.85. The van der Waals surface area contributed by atoms with E-state index in [4.69, 9.17) is 9.47 Å². The number of rotatable bonds is 14. The Kier molecular flexibility index (Phi) is 12.6. The zero-order valence-corrected chi connectivity index (χ0v) is 17.3. The minimum absolute atomic E-state index is 0.0983. The molecule has 0 amide bonds. The van der Waals surface area contributed by atoms with E-state index in [0.717, 1.165) is 57.8 Å². The summed E-state index contributed by atoms with van der Waals surface area (Å²) in [6.07, 6.45) is 10.7. The van der Waals surface area contributed by atoms with Crippen molar-refractivity contribution in [3.8, 4) is 5.75 Å². The molecule has 0 saturated heterocycles. The molecule has 1 rings (SSSR count). The monoisotopic (exact) mass is 390 g/mol. The first kappa shape index (κ1) is 23.9. The molecule has 0 heterocycles. The molecule has 0 spiro atoms. The summed E-state index contributed by atoms with van der Waals surface area (Å²) < 4.78 is 10.3. The molecule has 0 aromatic heterocycles. The maximum atomic E-state index is 12.3. The molecule has 0 saturated carbocycles. The van der Waals surface area contributed by atoms with Crippen LogP contribution in [0.3, 0.4) is 0 Å². The van der Waals surface area contributed by atoms with Crippen LogP contribution >= 0.6 is 0 Å². The number of hydrogen-bond acceptors (Lipinski definition) is 5. The van der Waals surface area contributed by atoms with E-state index < -0.39 is 11.9 Å². The summed E-state index contributed by atoms with van der Waals surface area (Å²) >= 11 is 0.